The van der Waals surface area contributed by atoms with Gasteiger partial charge < -0.3 is 47.9 Å². The van der Waals surface area contributed by atoms with E-state index in [1.165, 1.54) is 28.5 Å². The maximum atomic E-state index is 14.3. The van der Waals surface area contributed by atoms with Crippen LogP contribution in [0.4, 0.5) is 0 Å². The minimum absolute atomic E-state index is 0.0383. The zero-order valence-corrected chi connectivity index (χ0v) is 32.8. The molecule has 0 radical (unpaired) electrons. The van der Waals surface area contributed by atoms with Crippen molar-refractivity contribution in [3.05, 3.63) is 0 Å². The Labute approximate surface area is 316 Å². The summed E-state index contributed by atoms with van der Waals surface area (Å²) in [5.74, 6) is -3.75. The summed E-state index contributed by atoms with van der Waals surface area (Å²) in [5.41, 5.74) is 11.0. The van der Waals surface area contributed by atoms with E-state index in [1.54, 1.807) is 13.8 Å². The summed E-state index contributed by atoms with van der Waals surface area (Å²) in [4.78, 5) is 104. The molecule has 0 aromatic carbocycles. The number of thioether (sulfide) groups is 1. The van der Waals surface area contributed by atoms with E-state index in [0.717, 1.165) is 0 Å². The van der Waals surface area contributed by atoms with Crippen molar-refractivity contribution < 1.29 is 33.6 Å². The van der Waals surface area contributed by atoms with Gasteiger partial charge in [0.25, 0.3) is 0 Å². The number of nitrogens with one attached hydrogen (secondary N) is 5. The van der Waals surface area contributed by atoms with Crippen LogP contribution in [-0.4, -0.2) is 131 Å². The lowest BCUT2D eigenvalue weighted by atomic mass is 10.0. The molecule has 0 bridgehead atoms. The smallest absolute Gasteiger partial charge is 0.246 e. The summed E-state index contributed by atoms with van der Waals surface area (Å²) in [5, 5.41) is 13.9. The first kappa shape index (κ1) is 43.3. The molecule has 0 spiro atoms. The molecule has 0 aromatic heterocycles. The molecule has 0 aliphatic carbocycles. The van der Waals surface area contributed by atoms with Crippen molar-refractivity contribution in [2.45, 2.75) is 128 Å². The van der Waals surface area contributed by atoms with Gasteiger partial charge in [-0.3, -0.25) is 38.6 Å². The van der Waals surface area contributed by atoms with Crippen molar-refractivity contribution in [2.24, 2.45) is 28.3 Å². The Hall–Kier alpha value is -4.09. The Morgan fingerprint density at radius 1 is 0.736 bits per heavy atom. The van der Waals surface area contributed by atoms with Gasteiger partial charge in [0.05, 0.1) is 0 Å². The second-order valence-electron chi connectivity index (χ2n) is 14.9. The molecule has 3 saturated heterocycles. The predicted molar refractivity (Wildman–Crippen MR) is 202 cm³/mol. The molecule has 9 N–H and O–H groups in total. The van der Waals surface area contributed by atoms with Crippen LogP contribution in [0.2, 0.25) is 0 Å². The number of hydrogen-bond donors (Lipinski definition) is 7. The molecule has 7 atom stereocenters. The molecule has 3 rings (SSSR count). The third kappa shape index (κ3) is 12.2. The van der Waals surface area contributed by atoms with Gasteiger partial charge in [0.1, 0.15) is 42.3 Å². The highest BCUT2D eigenvalue weighted by Gasteiger charge is 2.44. The highest BCUT2D eigenvalue weighted by atomic mass is 32.2. The number of amides is 7. The monoisotopic (exact) mass is 764 g/mol. The van der Waals surface area contributed by atoms with Gasteiger partial charge in [0, 0.05) is 19.6 Å². The van der Waals surface area contributed by atoms with Crippen molar-refractivity contribution in [1.29, 1.82) is 0 Å². The maximum Gasteiger partial charge on any atom is 0.246 e. The average Bonchev–Trinajstić information content (AvgIpc) is 3.79. The molecule has 3 heterocycles. The molecule has 0 aromatic rings. The molecular formula is C35H60N10O7S. The van der Waals surface area contributed by atoms with E-state index in [9.17, 15) is 33.6 Å². The number of aliphatic imine (C=N–C) groups is 1. The molecule has 3 aliphatic heterocycles. The van der Waals surface area contributed by atoms with Crippen molar-refractivity contribution in [3.63, 3.8) is 0 Å². The van der Waals surface area contributed by atoms with Crippen LogP contribution in [0.1, 0.15) is 86.0 Å². The van der Waals surface area contributed by atoms with Crippen molar-refractivity contribution in [3.8, 4) is 0 Å². The lowest BCUT2D eigenvalue weighted by Crippen LogP contribution is -2.60. The topological polar surface area (TPSA) is 251 Å². The summed E-state index contributed by atoms with van der Waals surface area (Å²) in [6, 6.07) is -6.96. The van der Waals surface area contributed by atoms with Crippen LogP contribution in [0.25, 0.3) is 0 Å². The molecular weight excluding hydrogens is 705 g/mol. The maximum absolute atomic E-state index is 14.3. The fourth-order valence-corrected chi connectivity index (χ4v) is 7.42. The van der Waals surface area contributed by atoms with Crippen molar-refractivity contribution in [2.75, 3.05) is 31.6 Å². The highest BCUT2D eigenvalue weighted by molar-refractivity contribution is 7.98. The van der Waals surface area contributed by atoms with Crippen LogP contribution in [0.15, 0.2) is 4.99 Å². The van der Waals surface area contributed by atoms with Crippen LogP contribution in [-0.2, 0) is 33.6 Å². The van der Waals surface area contributed by atoms with Gasteiger partial charge in [-0.2, -0.15) is 11.8 Å². The SMILES string of the molecule is CSCC[C@@H]1NC(=O)[C@H](C(C)C)NC(=O)[C@H](C)NC(=O)[C@@H]2CCCN2C(=O)[C@@H]2CCCN2C(=O)[C@H](CCCN=C(N)N)NC(=O)[C@H](CC(C)C)NC1=O. The van der Waals surface area contributed by atoms with Crippen LogP contribution >= 0.6 is 11.8 Å². The molecule has 17 nitrogen and oxygen atoms in total. The van der Waals surface area contributed by atoms with Crippen LogP contribution in [0.5, 0.6) is 0 Å². The predicted octanol–water partition coefficient (Wildman–Crippen LogP) is -1.07. The van der Waals surface area contributed by atoms with Gasteiger partial charge in [-0.25, -0.2) is 0 Å². The fourth-order valence-electron chi connectivity index (χ4n) is 6.94. The van der Waals surface area contributed by atoms with E-state index < -0.39 is 77.7 Å². The largest absolute Gasteiger partial charge is 0.370 e. The van der Waals surface area contributed by atoms with E-state index in [2.05, 4.69) is 31.6 Å². The van der Waals surface area contributed by atoms with E-state index in [-0.39, 0.29) is 56.1 Å². The Bertz CT molecular complexity index is 1370. The number of nitrogens with zero attached hydrogens (tertiary/aromatic N) is 3. The number of rotatable bonds is 10. The van der Waals surface area contributed by atoms with Gasteiger partial charge in [0.2, 0.25) is 41.4 Å². The first-order chi connectivity index (χ1) is 25.0. The average molecular weight is 765 g/mol. The highest BCUT2D eigenvalue weighted by Crippen LogP contribution is 2.26. The minimum atomic E-state index is -1.07. The quantitative estimate of drug-likeness (QED) is 0.0807. The molecule has 0 unspecified atom stereocenters. The second kappa shape index (κ2) is 20.4. The first-order valence-corrected chi connectivity index (χ1v) is 20.1. The molecule has 3 fully saturated rings. The number of carbonyl (C=O) groups excluding carboxylic acids is 7. The summed E-state index contributed by atoms with van der Waals surface area (Å²) in [7, 11) is 0. The summed E-state index contributed by atoms with van der Waals surface area (Å²) in [6.45, 7) is 9.56. The molecule has 18 heteroatoms. The third-order valence-electron chi connectivity index (χ3n) is 9.80. The van der Waals surface area contributed by atoms with Gasteiger partial charge in [-0.1, -0.05) is 27.7 Å². The number of guanidine groups is 1. The van der Waals surface area contributed by atoms with E-state index >= 15 is 0 Å². The molecule has 298 valence electrons. The summed E-state index contributed by atoms with van der Waals surface area (Å²) >= 11 is 1.48. The van der Waals surface area contributed by atoms with Crippen LogP contribution < -0.4 is 38.1 Å². The van der Waals surface area contributed by atoms with E-state index in [1.807, 2.05) is 20.1 Å². The number of nitrogens with two attached hydrogens (primary N) is 2. The molecule has 53 heavy (non-hydrogen) atoms. The molecule has 7 amide bonds. The van der Waals surface area contributed by atoms with Gasteiger partial charge in [-0.15, -0.1) is 0 Å². The second-order valence-corrected chi connectivity index (χ2v) is 15.9. The Morgan fingerprint density at radius 3 is 1.92 bits per heavy atom. The summed E-state index contributed by atoms with van der Waals surface area (Å²) < 4.78 is 0. The van der Waals surface area contributed by atoms with Crippen molar-refractivity contribution >= 4 is 59.1 Å². The number of fused-ring (bicyclic) bond motifs is 2. The zero-order chi connectivity index (χ0) is 39.4. The van der Waals surface area contributed by atoms with Gasteiger partial charge >= 0.3 is 0 Å². The fraction of sp³-hybridized carbons (Fsp3) is 0.771. The zero-order valence-electron chi connectivity index (χ0n) is 31.9. The van der Waals surface area contributed by atoms with Gasteiger partial charge in [0.15, 0.2) is 5.96 Å². The standard InChI is InChI=1S/C35H60N10O7S/c1-19(2)18-24-30(48)41-23(10-7-14-38-35(36)37)33(51)45-16-9-12-26(45)34(52)44-15-8-11-25(44)31(49)39-21(5)28(46)43-27(20(3)4)32(50)40-22(13-17-53-6)29(47)42-24/h19-27H,7-18H2,1-6H3,(H,39,49)(H,40,50)(H,41,48)(H,42,47)(H,43,46)(H4,36,37,38)/t21-,22-,23-,24-,25-,26-,27-/m0/s1. The Kier molecular flexibility index (Phi) is 16.7. The third-order valence-corrected chi connectivity index (χ3v) is 10.4. The molecule has 0 saturated carbocycles. The van der Waals surface area contributed by atoms with E-state index in [0.29, 0.717) is 44.4 Å². The lowest BCUT2D eigenvalue weighted by Gasteiger charge is -2.33. The summed E-state index contributed by atoms with van der Waals surface area (Å²) in [6.07, 6.45) is 4.69. The van der Waals surface area contributed by atoms with Gasteiger partial charge in [-0.05, 0) is 82.1 Å². The van der Waals surface area contributed by atoms with Crippen molar-refractivity contribution in [1.82, 2.24) is 36.4 Å². The Morgan fingerprint density at radius 2 is 1.32 bits per heavy atom. The number of hydrogen-bond acceptors (Lipinski definition) is 9. The minimum Gasteiger partial charge on any atom is -0.370 e. The normalized spacial score (nSPS) is 28.4. The molecule has 3 aliphatic rings. The number of carbonyl (C=O) groups is 7. The lowest BCUT2D eigenvalue weighted by molar-refractivity contribution is -0.148. The first-order valence-electron chi connectivity index (χ1n) is 18.7. The van der Waals surface area contributed by atoms with Crippen LogP contribution in [0.3, 0.4) is 0 Å². The van der Waals surface area contributed by atoms with E-state index in [4.69, 9.17) is 11.5 Å². The Balaban J connectivity index is 2.06. The van der Waals surface area contributed by atoms with Crippen LogP contribution in [0, 0.1) is 11.8 Å².